The Labute approximate surface area is 91.2 Å². The van der Waals surface area contributed by atoms with Gasteiger partial charge in [-0.15, -0.1) is 0 Å². The highest BCUT2D eigenvalue weighted by molar-refractivity contribution is 7.81. The number of hydrogen-bond donors (Lipinski definition) is 1. The Morgan fingerprint density at radius 1 is 1.44 bits per heavy atom. The van der Waals surface area contributed by atoms with Crippen molar-refractivity contribution >= 4 is 16.4 Å². The second kappa shape index (κ2) is 4.35. The number of halogens is 1. The lowest BCUT2D eigenvalue weighted by molar-refractivity contribution is 0.0998. The minimum Gasteiger partial charge on any atom is -0.497 e. The lowest BCUT2D eigenvalue weighted by Gasteiger charge is -2.07. The highest BCUT2D eigenvalue weighted by Crippen LogP contribution is 2.25. The molecule has 1 aromatic carbocycles. The SMILES string of the molecule is COc1ccc(OS(=O)(=O)F)c(C(N)=O)c1. The summed E-state index contributed by atoms with van der Waals surface area (Å²) in [5.74, 6) is -1.19. The van der Waals surface area contributed by atoms with E-state index in [0.717, 1.165) is 12.1 Å². The van der Waals surface area contributed by atoms with E-state index in [9.17, 15) is 17.1 Å². The quantitative estimate of drug-likeness (QED) is 0.778. The minimum atomic E-state index is -5.20. The number of benzene rings is 1. The highest BCUT2D eigenvalue weighted by Gasteiger charge is 2.17. The molecule has 0 aliphatic rings. The van der Waals surface area contributed by atoms with Gasteiger partial charge < -0.3 is 14.7 Å². The molecule has 8 heteroatoms. The van der Waals surface area contributed by atoms with Gasteiger partial charge in [-0.25, -0.2) is 0 Å². The van der Waals surface area contributed by atoms with Gasteiger partial charge in [0.15, 0.2) is 5.75 Å². The van der Waals surface area contributed by atoms with Crippen molar-refractivity contribution in [1.29, 1.82) is 0 Å². The molecular weight excluding hydrogens is 241 g/mol. The van der Waals surface area contributed by atoms with Gasteiger partial charge in [-0.05, 0) is 18.2 Å². The maximum absolute atomic E-state index is 12.3. The third-order valence-electron chi connectivity index (χ3n) is 1.64. The van der Waals surface area contributed by atoms with Gasteiger partial charge in [0.2, 0.25) is 0 Å². The summed E-state index contributed by atoms with van der Waals surface area (Å²) in [6.07, 6.45) is 0. The standard InChI is InChI=1S/C8H8FNO5S/c1-14-5-2-3-7(15-16(9,12)13)6(4-5)8(10)11/h2-4H,1H3,(H2,10,11). The zero-order chi connectivity index (χ0) is 12.3. The van der Waals surface area contributed by atoms with Crippen molar-refractivity contribution < 1.29 is 26.0 Å². The average Bonchev–Trinajstić information content (AvgIpc) is 2.15. The molecule has 1 amide bonds. The summed E-state index contributed by atoms with van der Waals surface area (Å²) in [7, 11) is -3.86. The molecule has 0 aliphatic heterocycles. The smallest absolute Gasteiger partial charge is 0.488 e. The molecule has 88 valence electrons. The monoisotopic (exact) mass is 249 g/mol. The minimum absolute atomic E-state index is 0.261. The zero-order valence-electron chi connectivity index (χ0n) is 8.14. The maximum atomic E-state index is 12.3. The molecule has 0 saturated heterocycles. The van der Waals surface area contributed by atoms with Gasteiger partial charge in [-0.2, -0.15) is 8.42 Å². The van der Waals surface area contributed by atoms with E-state index in [1.807, 2.05) is 0 Å². The number of carbonyl (C=O) groups excluding carboxylic acids is 1. The molecule has 2 N–H and O–H groups in total. The van der Waals surface area contributed by atoms with Crippen LogP contribution in [0.4, 0.5) is 3.89 Å². The molecule has 0 aromatic heterocycles. The first-order chi connectivity index (χ1) is 7.33. The van der Waals surface area contributed by atoms with Crippen LogP contribution in [0.5, 0.6) is 11.5 Å². The molecule has 6 nitrogen and oxygen atoms in total. The Bertz CT molecular complexity index is 513. The number of primary amides is 1. The normalized spacial score (nSPS) is 10.9. The Kier molecular flexibility index (Phi) is 3.33. The van der Waals surface area contributed by atoms with Crippen molar-refractivity contribution in [3.63, 3.8) is 0 Å². The van der Waals surface area contributed by atoms with E-state index in [2.05, 4.69) is 4.18 Å². The summed E-state index contributed by atoms with van der Waals surface area (Å²) < 4.78 is 41.5. The molecule has 0 spiro atoms. The predicted octanol–water partition coefficient (Wildman–Crippen LogP) is 0.387. The van der Waals surface area contributed by atoms with Gasteiger partial charge in [0.05, 0.1) is 12.7 Å². The van der Waals surface area contributed by atoms with Crippen LogP contribution in [-0.4, -0.2) is 21.4 Å². The second-order valence-electron chi connectivity index (χ2n) is 2.70. The van der Waals surface area contributed by atoms with Gasteiger partial charge in [0.25, 0.3) is 5.91 Å². The van der Waals surface area contributed by atoms with Gasteiger partial charge in [0.1, 0.15) is 5.75 Å². The summed E-state index contributed by atoms with van der Waals surface area (Å²) in [6.45, 7) is 0. The molecule has 0 fully saturated rings. The molecule has 16 heavy (non-hydrogen) atoms. The van der Waals surface area contributed by atoms with E-state index < -0.39 is 22.2 Å². The molecule has 0 atom stereocenters. The largest absolute Gasteiger partial charge is 0.497 e. The Balaban J connectivity index is 3.23. The number of amides is 1. The lowest BCUT2D eigenvalue weighted by atomic mass is 10.2. The number of hydrogen-bond acceptors (Lipinski definition) is 5. The van der Waals surface area contributed by atoms with E-state index >= 15 is 0 Å². The fourth-order valence-electron chi connectivity index (χ4n) is 1.01. The topological polar surface area (TPSA) is 95.7 Å². The molecular formula is C8H8FNO5S. The van der Waals surface area contributed by atoms with E-state index in [-0.39, 0.29) is 11.3 Å². The first-order valence-electron chi connectivity index (χ1n) is 3.95. The van der Waals surface area contributed by atoms with Crippen molar-refractivity contribution in [2.45, 2.75) is 0 Å². The fraction of sp³-hybridized carbons (Fsp3) is 0.125. The second-order valence-corrected chi connectivity index (χ2v) is 3.66. The Morgan fingerprint density at radius 2 is 2.06 bits per heavy atom. The summed E-state index contributed by atoms with van der Waals surface area (Å²) in [6, 6.07) is 3.51. The summed E-state index contributed by atoms with van der Waals surface area (Å²) >= 11 is 0. The zero-order valence-corrected chi connectivity index (χ0v) is 8.95. The Morgan fingerprint density at radius 3 is 2.50 bits per heavy atom. The van der Waals surface area contributed by atoms with Crippen molar-refractivity contribution in [3.8, 4) is 11.5 Å². The van der Waals surface area contributed by atoms with Crippen LogP contribution < -0.4 is 14.7 Å². The predicted molar refractivity (Wildman–Crippen MR) is 52.2 cm³/mol. The number of carbonyl (C=O) groups is 1. The van der Waals surface area contributed by atoms with E-state index in [0.29, 0.717) is 0 Å². The van der Waals surface area contributed by atoms with Crippen LogP contribution in [0.25, 0.3) is 0 Å². The van der Waals surface area contributed by atoms with E-state index in [1.54, 1.807) is 0 Å². The summed E-state index contributed by atoms with van der Waals surface area (Å²) in [5, 5.41) is 0. The van der Waals surface area contributed by atoms with Crippen LogP contribution in [0.1, 0.15) is 10.4 Å². The van der Waals surface area contributed by atoms with Gasteiger partial charge in [0, 0.05) is 0 Å². The molecule has 1 rings (SSSR count). The van der Waals surface area contributed by atoms with Crippen LogP contribution in [0.15, 0.2) is 18.2 Å². The molecule has 0 bridgehead atoms. The van der Waals surface area contributed by atoms with E-state index in [1.165, 1.54) is 13.2 Å². The van der Waals surface area contributed by atoms with Crippen LogP contribution in [-0.2, 0) is 10.5 Å². The van der Waals surface area contributed by atoms with E-state index in [4.69, 9.17) is 10.5 Å². The summed E-state index contributed by atoms with van der Waals surface area (Å²) in [4.78, 5) is 10.9. The van der Waals surface area contributed by atoms with Gasteiger partial charge >= 0.3 is 10.5 Å². The van der Waals surface area contributed by atoms with Crippen LogP contribution in [0.3, 0.4) is 0 Å². The molecule has 0 unspecified atom stereocenters. The fourth-order valence-corrected chi connectivity index (χ4v) is 1.37. The first kappa shape index (κ1) is 12.2. The molecule has 0 saturated carbocycles. The van der Waals surface area contributed by atoms with Gasteiger partial charge in [-0.1, -0.05) is 3.89 Å². The van der Waals surface area contributed by atoms with Gasteiger partial charge in [-0.3, -0.25) is 4.79 Å². The van der Waals surface area contributed by atoms with Crippen molar-refractivity contribution in [1.82, 2.24) is 0 Å². The van der Waals surface area contributed by atoms with Crippen molar-refractivity contribution in [2.75, 3.05) is 7.11 Å². The number of ether oxygens (including phenoxy) is 1. The first-order valence-corrected chi connectivity index (χ1v) is 5.26. The average molecular weight is 249 g/mol. The third kappa shape index (κ3) is 3.09. The van der Waals surface area contributed by atoms with Crippen LogP contribution >= 0.6 is 0 Å². The number of methoxy groups -OCH3 is 1. The maximum Gasteiger partial charge on any atom is 0.488 e. The number of nitrogens with two attached hydrogens (primary N) is 1. The number of rotatable bonds is 4. The highest BCUT2D eigenvalue weighted by atomic mass is 32.3. The third-order valence-corrected chi connectivity index (χ3v) is 2.02. The van der Waals surface area contributed by atoms with Crippen molar-refractivity contribution in [3.05, 3.63) is 23.8 Å². The van der Waals surface area contributed by atoms with Crippen LogP contribution in [0, 0.1) is 0 Å². The molecule has 0 aliphatic carbocycles. The van der Waals surface area contributed by atoms with Crippen molar-refractivity contribution in [2.24, 2.45) is 5.73 Å². The van der Waals surface area contributed by atoms with Crippen LogP contribution in [0.2, 0.25) is 0 Å². The molecule has 0 radical (unpaired) electrons. The molecule has 1 aromatic rings. The lowest BCUT2D eigenvalue weighted by Crippen LogP contribution is -2.14. The molecule has 0 heterocycles. The Hall–Kier alpha value is -1.83. The summed E-state index contributed by atoms with van der Waals surface area (Å²) in [5.41, 5.74) is 4.67.